The average Bonchev–Trinajstić information content (AvgIpc) is 4.32. The van der Waals surface area contributed by atoms with E-state index in [0.29, 0.717) is 34.2 Å². The minimum absolute atomic E-state index is 0.451. The van der Waals surface area contributed by atoms with Gasteiger partial charge in [0.05, 0.1) is 22.1 Å². The molecule has 15 rings (SSSR count). The molecule has 0 radical (unpaired) electrons. The molecule has 11 nitrogen and oxygen atoms in total. The van der Waals surface area contributed by atoms with E-state index in [9.17, 15) is 0 Å². The second-order valence-corrected chi connectivity index (χ2v) is 18.6. The third kappa shape index (κ3) is 7.17. The SMILES string of the molecule is c1ccc(N(c2ccccc2)c2ccc3c(c2)c2cnccc2n3-c2ccc(-c3nc4nc5nc(-c6ccc(-n7c8ccncc8c8cc(N(c9ccccc9)c9ccccc9)ccc87)cc6)oc5cc4o3)cc2)cc1. The summed E-state index contributed by atoms with van der Waals surface area (Å²) in [6.07, 6.45) is 7.58. The summed E-state index contributed by atoms with van der Waals surface area (Å²) in [7, 11) is 0. The van der Waals surface area contributed by atoms with Crippen LogP contribution in [0.2, 0.25) is 0 Å². The van der Waals surface area contributed by atoms with Gasteiger partial charge in [-0.05, 0) is 146 Å². The molecule has 0 amide bonds. The van der Waals surface area contributed by atoms with E-state index in [1.807, 2.05) is 79.4 Å². The molecule has 11 heteroatoms. The van der Waals surface area contributed by atoms with Crippen LogP contribution in [-0.2, 0) is 0 Å². The number of hydrogen-bond acceptors (Lipinski definition) is 9. The molecule has 8 aromatic carbocycles. The van der Waals surface area contributed by atoms with Crippen LogP contribution in [0.5, 0.6) is 0 Å². The largest absolute Gasteiger partial charge is 0.434 e. The third-order valence-electron chi connectivity index (χ3n) is 14.2. The molecule has 0 saturated carbocycles. The van der Waals surface area contributed by atoms with E-state index in [1.165, 1.54) is 0 Å². The van der Waals surface area contributed by atoms with Crippen molar-refractivity contribution in [3.63, 3.8) is 0 Å². The number of rotatable bonds is 10. The molecule has 0 aliphatic carbocycles. The predicted octanol–water partition coefficient (Wildman–Crippen LogP) is 16.6. The molecule has 0 atom stereocenters. The summed E-state index contributed by atoms with van der Waals surface area (Å²) in [6.45, 7) is 0. The molecule has 0 aliphatic rings. The van der Waals surface area contributed by atoms with Gasteiger partial charge in [-0.3, -0.25) is 9.97 Å². The Bertz CT molecular complexity index is 4210. The van der Waals surface area contributed by atoms with E-state index < -0.39 is 0 Å². The highest BCUT2D eigenvalue weighted by Gasteiger charge is 2.21. The molecular formula is C65H41N9O2. The van der Waals surface area contributed by atoms with Gasteiger partial charge in [0, 0.05) is 109 Å². The average molecular weight is 980 g/mol. The maximum Gasteiger partial charge on any atom is 0.228 e. The maximum absolute atomic E-state index is 6.36. The Kier molecular flexibility index (Phi) is 9.92. The lowest BCUT2D eigenvalue weighted by Gasteiger charge is -2.25. The summed E-state index contributed by atoms with van der Waals surface area (Å²) in [4.78, 5) is 28.1. The minimum Gasteiger partial charge on any atom is -0.434 e. The number of fused-ring (bicyclic) bond motifs is 8. The van der Waals surface area contributed by atoms with Crippen molar-refractivity contribution >= 4 is 100 Å². The predicted molar refractivity (Wildman–Crippen MR) is 304 cm³/mol. The molecule has 0 saturated heterocycles. The van der Waals surface area contributed by atoms with Gasteiger partial charge in [-0.1, -0.05) is 72.8 Å². The standard InChI is InChI=1S/C65H41N9O2/c1-5-13-44(14-6-1)71(45-15-7-2-8-16-45)50-29-31-56-52(37-50)54-40-66-35-33-58(54)73(56)48-25-21-42(22-26-48)64-69-62-60(75-64)39-61-63(68-62)70-65(76-61)43-23-27-49(28-24-43)74-57-32-30-51(38-53(57)55-41-67-36-34-59(55)74)72(46-17-9-3-10-18-46)47-19-11-4-12-20-47/h1-41H. The fraction of sp³-hybridized carbons (Fsp3) is 0. The Morgan fingerprint density at radius 1 is 0.316 bits per heavy atom. The molecule has 0 unspecified atom stereocenters. The van der Waals surface area contributed by atoms with Gasteiger partial charge in [-0.2, -0.15) is 9.97 Å². The van der Waals surface area contributed by atoms with Crippen molar-refractivity contribution in [2.45, 2.75) is 0 Å². The molecule has 0 N–H and O–H groups in total. The molecule has 0 fully saturated rings. The highest BCUT2D eigenvalue weighted by molar-refractivity contribution is 6.11. The first-order valence-electron chi connectivity index (χ1n) is 25.0. The molecule has 0 aliphatic heterocycles. The molecule has 15 aromatic rings. The lowest BCUT2D eigenvalue weighted by atomic mass is 10.1. The lowest BCUT2D eigenvalue weighted by Crippen LogP contribution is -2.09. The first-order chi connectivity index (χ1) is 37.7. The Morgan fingerprint density at radius 2 is 0.684 bits per heavy atom. The van der Waals surface area contributed by atoms with Gasteiger partial charge >= 0.3 is 0 Å². The summed E-state index contributed by atoms with van der Waals surface area (Å²) in [5.74, 6) is 0.912. The second-order valence-electron chi connectivity index (χ2n) is 18.6. The van der Waals surface area contributed by atoms with Crippen molar-refractivity contribution in [1.29, 1.82) is 0 Å². The molecule has 0 spiro atoms. The number of hydrogen-bond donors (Lipinski definition) is 0. The van der Waals surface area contributed by atoms with Crippen LogP contribution in [0.3, 0.4) is 0 Å². The van der Waals surface area contributed by atoms with E-state index in [1.54, 1.807) is 0 Å². The normalized spacial score (nSPS) is 11.7. The summed E-state index contributed by atoms with van der Waals surface area (Å²) < 4.78 is 17.3. The fourth-order valence-electron chi connectivity index (χ4n) is 10.7. The molecule has 7 heterocycles. The Hall–Kier alpha value is -10.7. The maximum atomic E-state index is 6.36. The van der Waals surface area contributed by atoms with Crippen molar-refractivity contribution in [3.05, 3.63) is 249 Å². The summed E-state index contributed by atoms with van der Waals surface area (Å²) in [6, 6.07) is 77.5. The zero-order chi connectivity index (χ0) is 50.1. The van der Waals surface area contributed by atoms with E-state index in [2.05, 4.69) is 199 Å². The third-order valence-corrected chi connectivity index (χ3v) is 14.2. The molecule has 0 bridgehead atoms. The van der Waals surface area contributed by atoms with Crippen LogP contribution in [0.25, 0.3) is 100 Å². The summed E-state index contributed by atoms with van der Waals surface area (Å²) in [5.41, 5.74) is 16.3. The van der Waals surface area contributed by atoms with Gasteiger partial charge in [-0.15, -0.1) is 0 Å². The lowest BCUT2D eigenvalue weighted by molar-refractivity contribution is 0.609. The fourth-order valence-corrected chi connectivity index (χ4v) is 10.7. The number of nitrogens with zero attached hydrogens (tertiary/aromatic N) is 9. The number of anilines is 6. The first kappa shape index (κ1) is 43.0. The first-order valence-corrected chi connectivity index (χ1v) is 25.0. The van der Waals surface area contributed by atoms with Crippen LogP contribution < -0.4 is 9.80 Å². The Labute approximate surface area is 434 Å². The van der Waals surface area contributed by atoms with Gasteiger partial charge in [0.25, 0.3) is 0 Å². The molecule has 358 valence electrons. The van der Waals surface area contributed by atoms with Gasteiger partial charge in [0.1, 0.15) is 0 Å². The number of oxazole rings is 2. The topological polar surface area (TPSA) is 107 Å². The second kappa shape index (κ2) is 17.5. The van der Waals surface area contributed by atoms with Crippen LogP contribution in [0.4, 0.5) is 34.1 Å². The minimum atomic E-state index is 0.451. The quantitative estimate of drug-likeness (QED) is 0.132. The molecule has 7 aromatic heterocycles. The number of aromatic nitrogens is 7. The van der Waals surface area contributed by atoms with E-state index in [0.717, 1.165) is 100 Å². The number of pyridine rings is 3. The van der Waals surface area contributed by atoms with E-state index >= 15 is 0 Å². The highest BCUT2D eigenvalue weighted by Crippen LogP contribution is 2.42. The van der Waals surface area contributed by atoms with Crippen molar-refractivity contribution in [2.24, 2.45) is 0 Å². The van der Waals surface area contributed by atoms with Crippen LogP contribution in [0.15, 0.2) is 258 Å². The molecule has 76 heavy (non-hydrogen) atoms. The van der Waals surface area contributed by atoms with Crippen molar-refractivity contribution < 1.29 is 8.83 Å². The van der Waals surface area contributed by atoms with Crippen LogP contribution >= 0.6 is 0 Å². The number of benzene rings is 8. The zero-order valence-electron chi connectivity index (χ0n) is 40.5. The Balaban J connectivity index is 0.718. The van der Waals surface area contributed by atoms with Gasteiger partial charge in [0.2, 0.25) is 23.1 Å². The summed E-state index contributed by atoms with van der Waals surface area (Å²) in [5, 5.41) is 4.34. The zero-order valence-corrected chi connectivity index (χ0v) is 40.5. The van der Waals surface area contributed by atoms with Gasteiger partial charge < -0.3 is 27.8 Å². The summed E-state index contributed by atoms with van der Waals surface area (Å²) >= 11 is 0. The van der Waals surface area contributed by atoms with Gasteiger partial charge in [0.15, 0.2) is 11.2 Å². The Morgan fingerprint density at radius 3 is 1.07 bits per heavy atom. The van der Waals surface area contributed by atoms with E-state index in [4.69, 9.17) is 23.8 Å². The highest BCUT2D eigenvalue weighted by atomic mass is 16.4. The van der Waals surface area contributed by atoms with Crippen LogP contribution in [0, 0.1) is 0 Å². The monoisotopic (exact) mass is 979 g/mol. The van der Waals surface area contributed by atoms with Crippen molar-refractivity contribution in [2.75, 3.05) is 9.80 Å². The van der Waals surface area contributed by atoms with Crippen molar-refractivity contribution in [1.82, 2.24) is 34.1 Å². The molecular weight excluding hydrogens is 939 g/mol. The van der Waals surface area contributed by atoms with Crippen LogP contribution in [-0.4, -0.2) is 34.1 Å². The van der Waals surface area contributed by atoms with Gasteiger partial charge in [-0.25, -0.2) is 4.98 Å². The van der Waals surface area contributed by atoms with Crippen LogP contribution in [0.1, 0.15) is 0 Å². The van der Waals surface area contributed by atoms with Crippen molar-refractivity contribution in [3.8, 4) is 34.3 Å². The smallest absolute Gasteiger partial charge is 0.228 e. The van der Waals surface area contributed by atoms with E-state index in [-0.39, 0.29) is 0 Å². The number of para-hydroxylation sites is 4.